The summed E-state index contributed by atoms with van der Waals surface area (Å²) >= 11 is 0. The molecule has 3 aromatic carbocycles. The van der Waals surface area contributed by atoms with Gasteiger partial charge >= 0.3 is 0 Å². The number of hydrogen-bond acceptors (Lipinski definition) is 8. The molecule has 10 heteroatoms. The van der Waals surface area contributed by atoms with Crippen LogP contribution >= 0.6 is 0 Å². The van der Waals surface area contributed by atoms with E-state index >= 15 is 0 Å². The third-order valence-electron chi connectivity index (χ3n) is 13.7. The van der Waals surface area contributed by atoms with Crippen LogP contribution in [-0.2, 0) is 32.3 Å². The molecule has 4 saturated heterocycles. The van der Waals surface area contributed by atoms with E-state index in [0.717, 1.165) is 76.1 Å². The molecule has 10 nitrogen and oxygen atoms in total. The van der Waals surface area contributed by atoms with Gasteiger partial charge in [0.1, 0.15) is 12.4 Å². The first-order valence-corrected chi connectivity index (χ1v) is 20.7. The first-order valence-electron chi connectivity index (χ1n) is 20.7. The van der Waals surface area contributed by atoms with Crippen molar-refractivity contribution in [3.05, 3.63) is 113 Å². The molecule has 56 heavy (non-hydrogen) atoms. The highest BCUT2D eigenvalue weighted by Gasteiger charge is 2.63. The number of carbonyl (C=O) groups excluding carboxylic acids is 4. The summed E-state index contributed by atoms with van der Waals surface area (Å²) in [4.78, 5) is 66.2. The predicted octanol–water partition coefficient (Wildman–Crippen LogP) is 5.02. The lowest BCUT2D eigenvalue weighted by molar-refractivity contribution is -0.146. The predicted molar refractivity (Wildman–Crippen MR) is 210 cm³/mol. The minimum atomic E-state index is -0.564. The van der Waals surface area contributed by atoms with Gasteiger partial charge in [0.2, 0.25) is 23.6 Å². The van der Waals surface area contributed by atoms with Crippen molar-refractivity contribution in [3.63, 3.8) is 0 Å². The largest absolute Gasteiger partial charge is 0.491 e. The Hall–Kier alpha value is -4.64. The molecule has 6 unspecified atom stereocenters. The van der Waals surface area contributed by atoms with Crippen LogP contribution in [0, 0.1) is 29.6 Å². The molecule has 0 bridgehead atoms. The zero-order valence-corrected chi connectivity index (χ0v) is 32.0. The number of benzene rings is 3. The van der Waals surface area contributed by atoms with Gasteiger partial charge in [0.05, 0.1) is 30.3 Å². The Balaban J connectivity index is 0.962. The molecule has 1 saturated carbocycles. The molecule has 0 radical (unpaired) electrons. The van der Waals surface area contributed by atoms with Crippen molar-refractivity contribution in [2.45, 2.75) is 69.6 Å². The number of allylic oxidation sites excluding steroid dienone is 2. The Morgan fingerprint density at radius 1 is 0.589 bits per heavy atom. The topological polar surface area (TPSA) is 111 Å². The van der Waals surface area contributed by atoms with Crippen molar-refractivity contribution in [1.82, 2.24) is 19.6 Å². The second-order valence-electron chi connectivity index (χ2n) is 16.7. The number of imide groups is 2. The second kappa shape index (κ2) is 15.7. The summed E-state index contributed by atoms with van der Waals surface area (Å²) in [5.41, 5.74) is 4.44. The average molecular weight is 757 g/mol. The molecule has 9 rings (SSSR count). The van der Waals surface area contributed by atoms with Gasteiger partial charge in [-0.1, -0.05) is 84.4 Å². The summed E-state index contributed by atoms with van der Waals surface area (Å²) in [5, 5.41) is 9.30. The van der Waals surface area contributed by atoms with Gasteiger partial charge in [-0.05, 0) is 73.3 Å². The van der Waals surface area contributed by atoms with Crippen molar-refractivity contribution in [3.8, 4) is 5.75 Å². The molecule has 292 valence electrons. The number of aliphatic hydroxyl groups is 1. The maximum atomic E-state index is 14.7. The number of piperidine rings is 2. The Kier molecular flexibility index (Phi) is 10.4. The quantitative estimate of drug-likeness (QED) is 0.227. The first-order chi connectivity index (χ1) is 27.4. The highest BCUT2D eigenvalue weighted by Crippen LogP contribution is 2.58. The Morgan fingerprint density at radius 3 is 1.64 bits per heavy atom. The summed E-state index contributed by atoms with van der Waals surface area (Å²) in [6.07, 6.45) is 5.96. The fourth-order valence-corrected chi connectivity index (χ4v) is 11.0. The van der Waals surface area contributed by atoms with E-state index in [0.29, 0.717) is 18.6 Å². The van der Waals surface area contributed by atoms with Crippen molar-refractivity contribution in [1.29, 1.82) is 0 Å². The van der Waals surface area contributed by atoms with Crippen LogP contribution in [0.25, 0.3) is 0 Å². The minimum absolute atomic E-state index is 0.0708. The fourth-order valence-electron chi connectivity index (χ4n) is 11.0. The zero-order chi connectivity index (χ0) is 38.3. The van der Waals surface area contributed by atoms with Crippen LogP contribution in [0.1, 0.15) is 61.1 Å². The van der Waals surface area contributed by atoms with E-state index in [1.165, 1.54) is 11.1 Å². The normalized spacial score (nSPS) is 29.0. The van der Waals surface area contributed by atoms with Crippen molar-refractivity contribution in [2.24, 2.45) is 29.6 Å². The number of amides is 4. The molecule has 6 aliphatic rings. The van der Waals surface area contributed by atoms with E-state index in [9.17, 15) is 24.3 Å². The highest BCUT2D eigenvalue weighted by molar-refractivity contribution is 6.08. The summed E-state index contributed by atoms with van der Waals surface area (Å²) in [7, 11) is 0. The lowest BCUT2D eigenvalue weighted by atomic mass is 9.57. The van der Waals surface area contributed by atoms with Gasteiger partial charge in [0.25, 0.3) is 0 Å². The van der Waals surface area contributed by atoms with Gasteiger partial charge in [-0.25, -0.2) is 0 Å². The van der Waals surface area contributed by atoms with Crippen LogP contribution < -0.4 is 4.74 Å². The maximum absolute atomic E-state index is 14.7. The van der Waals surface area contributed by atoms with Gasteiger partial charge in [-0.15, -0.1) is 0 Å². The minimum Gasteiger partial charge on any atom is -0.491 e. The molecule has 5 fully saturated rings. The third kappa shape index (κ3) is 6.79. The Bertz CT molecular complexity index is 1950. The van der Waals surface area contributed by atoms with Gasteiger partial charge in [-0.2, -0.15) is 0 Å². The summed E-state index contributed by atoms with van der Waals surface area (Å²) in [6.45, 7) is 5.02. The number of nitrogens with zero attached hydrogens (tertiary/aromatic N) is 4. The number of aliphatic hydroxyl groups excluding tert-OH is 1. The van der Waals surface area contributed by atoms with Crippen molar-refractivity contribution < 1.29 is 29.0 Å². The summed E-state index contributed by atoms with van der Waals surface area (Å²) in [5.74, 6) is -2.55. The number of rotatable bonds is 10. The zero-order valence-electron chi connectivity index (χ0n) is 32.0. The lowest BCUT2D eigenvalue weighted by Crippen LogP contribution is -2.48. The monoisotopic (exact) mass is 756 g/mol. The molecular weight excluding hydrogens is 705 g/mol. The van der Waals surface area contributed by atoms with Crippen LogP contribution in [0.5, 0.6) is 5.75 Å². The summed E-state index contributed by atoms with van der Waals surface area (Å²) < 4.78 is 5.67. The van der Waals surface area contributed by atoms with Crippen molar-refractivity contribution >= 4 is 23.6 Å². The number of hydrogen-bond donors (Lipinski definition) is 1. The van der Waals surface area contributed by atoms with E-state index in [4.69, 9.17) is 4.74 Å². The van der Waals surface area contributed by atoms with Crippen LogP contribution in [0.3, 0.4) is 0 Å². The van der Waals surface area contributed by atoms with E-state index in [2.05, 4.69) is 64.4 Å². The number of likely N-dealkylation sites (tertiary alicyclic amines) is 4. The van der Waals surface area contributed by atoms with Crippen LogP contribution in [0.2, 0.25) is 0 Å². The maximum Gasteiger partial charge on any atom is 0.234 e. The van der Waals surface area contributed by atoms with E-state index in [-0.39, 0.29) is 60.8 Å². The lowest BCUT2D eigenvalue weighted by Gasteiger charge is -2.44. The van der Waals surface area contributed by atoms with Crippen LogP contribution in [-0.4, -0.2) is 99.8 Å². The Labute approximate surface area is 329 Å². The molecule has 6 atom stereocenters. The molecule has 4 aliphatic heterocycles. The Morgan fingerprint density at radius 2 is 1.11 bits per heavy atom. The SMILES string of the molecule is O=C1C2CC=C3C(CC4C(=O)N(C5CCN(Cc6ccccc6)CC5)C(=O)C4C3c3ccc(OCCO)cc3)C2C(=O)N1C1CCN(Cc2ccccc2)CC1. The molecule has 4 amide bonds. The second-order valence-corrected chi connectivity index (χ2v) is 16.7. The summed E-state index contributed by atoms with van der Waals surface area (Å²) in [6, 6.07) is 28.1. The van der Waals surface area contributed by atoms with Gasteiger partial charge in [0, 0.05) is 57.3 Å². The fraction of sp³-hybridized carbons (Fsp3) is 0.478. The highest BCUT2D eigenvalue weighted by atomic mass is 16.5. The smallest absolute Gasteiger partial charge is 0.234 e. The number of ether oxygens (including phenoxy) is 1. The van der Waals surface area contributed by atoms with Crippen molar-refractivity contribution in [2.75, 3.05) is 39.4 Å². The van der Waals surface area contributed by atoms with E-state index in [1.54, 1.807) is 9.80 Å². The van der Waals surface area contributed by atoms with E-state index < -0.39 is 23.7 Å². The number of carbonyl (C=O) groups is 4. The molecule has 4 heterocycles. The third-order valence-corrected chi connectivity index (χ3v) is 13.7. The van der Waals surface area contributed by atoms with Gasteiger partial charge in [-0.3, -0.25) is 38.8 Å². The molecule has 0 aromatic heterocycles. The molecule has 3 aromatic rings. The van der Waals surface area contributed by atoms with E-state index in [1.807, 2.05) is 36.4 Å². The number of fused-ring (bicyclic) bond motifs is 4. The van der Waals surface area contributed by atoms with Gasteiger partial charge < -0.3 is 9.84 Å². The molecule has 0 spiro atoms. The average Bonchev–Trinajstić information content (AvgIpc) is 3.64. The van der Waals surface area contributed by atoms with Gasteiger partial charge in [0.15, 0.2) is 0 Å². The molecule has 2 aliphatic carbocycles. The van der Waals surface area contributed by atoms with Crippen LogP contribution in [0.15, 0.2) is 96.6 Å². The van der Waals surface area contributed by atoms with Crippen LogP contribution in [0.4, 0.5) is 0 Å². The first kappa shape index (κ1) is 37.0. The standard InChI is InChI=1S/C46H52N4O6/c51-25-26-56-35-13-11-32(12-14-35)40-36-15-16-37-41(45(54)49(43(37)52)33-17-21-47(22-18-33)28-30-7-3-1-4-8-30)38(36)27-39-42(40)46(55)50(44(39)53)34-19-23-48(24-20-34)29-31-9-5-2-6-10-31/h1-15,33-34,37-42,51H,16-29H2. The molecule has 1 N–H and O–H groups in total. The molecular formula is C46H52N4O6.